The van der Waals surface area contributed by atoms with Gasteiger partial charge in [0, 0.05) is 5.71 Å². The first-order valence-corrected chi connectivity index (χ1v) is 7.07. The number of hydrogen-bond donors (Lipinski definition) is 1. The van der Waals surface area contributed by atoms with Gasteiger partial charge in [-0.2, -0.15) is 0 Å². The molecule has 0 aliphatic heterocycles. The molecule has 2 aromatic carbocycles. The zero-order valence-corrected chi connectivity index (χ0v) is 12.6. The van der Waals surface area contributed by atoms with Gasteiger partial charge < -0.3 is 14.9 Å². The fraction of sp³-hybridized carbons (Fsp3) is 0.278. The summed E-state index contributed by atoms with van der Waals surface area (Å²) in [6, 6.07) is 15.8. The van der Waals surface area contributed by atoms with Crippen LogP contribution in [0.2, 0.25) is 0 Å². The van der Waals surface area contributed by atoms with Crippen LogP contribution in [0.4, 0.5) is 0 Å². The van der Waals surface area contributed by atoms with Crippen LogP contribution < -0.4 is 9.47 Å². The zero-order chi connectivity index (χ0) is 15.1. The van der Waals surface area contributed by atoms with E-state index in [4.69, 9.17) is 14.9 Å². The third-order valence-electron chi connectivity index (χ3n) is 3.46. The topological polar surface area (TPSA) is 42.3 Å². The van der Waals surface area contributed by atoms with Crippen molar-refractivity contribution in [3.8, 4) is 11.5 Å². The van der Waals surface area contributed by atoms with Crippen LogP contribution in [-0.2, 0) is 6.42 Å². The minimum Gasteiger partial charge on any atom is -0.497 e. The van der Waals surface area contributed by atoms with E-state index in [1.165, 1.54) is 5.56 Å². The van der Waals surface area contributed by atoms with E-state index in [0.717, 1.165) is 36.3 Å². The quantitative estimate of drug-likeness (QED) is 0.777. The zero-order valence-electron chi connectivity index (χ0n) is 12.6. The Morgan fingerprint density at radius 3 is 2.33 bits per heavy atom. The van der Waals surface area contributed by atoms with Crippen molar-refractivity contribution < 1.29 is 9.47 Å². The van der Waals surface area contributed by atoms with Crippen LogP contribution in [0.3, 0.4) is 0 Å². The maximum Gasteiger partial charge on any atom is 0.119 e. The van der Waals surface area contributed by atoms with Gasteiger partial charge in [-0.1, -0.05) is 12.1 Å². The average molecular weight is 283 g/mol. The molecule has 1 N–H and O–H groups in total. The SMILES string of the molecule is COc1ccc(C(=N)CCCc2cccc(OC)c2)cc1. The van der Waals surface area contributed by atoms with Gasteiger partial charge in [-0.3, -0.25) is 0 Å². The lowest BCUT2D eigenvalue weighted by Gasteiger charge is -2.07. The summed E-state index contributed by atoms with van der Waals surface area (Å²) in [4.78, 5) is 0. The van der Waals surface area contributed by atoms with Crippen molar-refractivity contribution in [3.63, 3.8) is 0 Å². The van der Waals surface area contributed by atoms with Crippen molar-refractivity contribution in [3.05, 3.63) is 59.7 Å². The molecule has 0 spiro atoms. The second-order valence-electron chi connectivity index (χ2n) is 4.91. The molecule has 0 radical (unpaired) electrons. The van der Waals surface area contributed by atoms with Crippen molar-refractivity contribution in [1.82, 2.24) is 0 Å². The Kier molecular flexibility index (Phi) is 5.38. The minimum absolute atomic E-state index is 0.667. The van der Waals surface area contributed by atoms with Gasteiger partial charge in [0.1, 0.15) is 11.5 Å². The summed E-state index contributed by atoms with van der Waals surface area (Å²) in [7, 11) is 3.33. The standard InChI is InChI=1S/C18H21NO2/c1-20-16-11-9-15(10-12-16)18(19)8-4-6-14-5-3-7-17(13-14)21-2/h3,5,7,9-13,19H,4,6,8H2,1-2H3. The van der Waals surface area contributed by atoms with Gasteiger partial charge in [0.05, 0.1) is 14.2 Å². The fourth-order valence-corrected chi connectivity index (χ4v) is 2.23. The van der Waals surface area contributed by atoms with E-state index in [9.17, 15) is 0 Å². The molecule has 0 saturated carbocycles. The second kappa shape index (κ2) is 7.48. The summed E-state index contributed by atoms with van der Waals surface area (Å²) in [5.41, 5.74) is 2.87. The number of hydrogen-bond acceptors (Lipinski definition) is 3. The van der Waals surface area contributed by atoms with E-state index in [2.05, 4.69) is 12.1 Å². The first-order chi connectivity index (χ1) is 10.2. The molecule has 0 saturated heterocycles. The smallest absolute Gasteiger partial charge is 0.119 e. The summed E-state index contributed by atoms with van der Waals surface area (Å²) in [5, 5.41) is 8.14. The monoisotopic (exact) mass is 283 g/mol. The van der Waals surface area contributed by atoms with E-state index in [1.54, 1.807) is 14.2 Å². The molecular weight excluding hydrogens is 262 g/mol. The van der Waals surface area contributed by atoms with E-state index >= 15 is 0 Å². The summed E-state index contributed by atoms with van der Waals surface area (Å²) in [6.45, 7) is 0. The highest BCUT2D eigenvalue weighted by Crippen LogP contribution is 2.16. The van der Waals surface area contributed by atoms with Crippen LogP contribution in [0.25, 0.3) is 0 Å². The van der Waals surface area contributed by atoms with Gasteiger partial charge in [0.2, 0.25) is 0 Å². The molecule has 0 atom stereocenters. The lowest BCUT2D eigenvalue weighted by atomic mass is 10.0. The molecule has 0 aliphatic rings. The van der Waals surface area contributed by atoms with Crippen LogP contribution in [0.1, 0.15) is 24.0 Å². The number of benzene rings is 2. The highest BCUT2D eigenvalue weighted by Gasteiger charge is 2.03. The fourth-order valence-electron chi connectivity index (χ4n) is 2.23. The first-order valence-electron chi connectivity index (χ1n) is 7.07. The molecule has 0 amide bonds. The molecule has 3 heteroatoms. The van der Waals surface area contributed by atoms with Crippen LogP contribution >= 0.6 is 0 Å². The number of ether oxygens (including phenoxy) is 2. The Morgan fingerprint density at radius 1 is 0.952 bits per heavy atom. The van der Waals surface area contributed by atoms with Crippen molar-refractivity contribution in [2.75, 3.05) is 14.2 Å². The summed E-state index contributed by atoms with van der Waals surface area (Å²) in [6.07, 6.45) is 2.68. The Balaban J connectivity index is 1.85. The van der Waals surface area contributed by atoms with Crippen LogP contribution in [-0.4, -0.2) is 19.9 Å². The molecule has 0 unspecified atom stereocenters. The molecule has 110 valence electrons. The van der Waals surface area contributed by atoms with Gasteiger partial charge in [0.25, 0.3) is 0 Å². The van der Waals surface area contributed by atoms with E-state index < -0.39 is 0 Å². The summed E-state index contributed by atoms with van der Waals surface area (Å²) < 4.78 is 10.3. The third kappa shape index (κ3) is 4.35. The van der Waals surface area contributed by atoms with E-state index in [-0.39, 0.29) is 0 Å². The number of aryl methyl sites for hydroxylation is 1. The van der Waals surface area contributed by atoms with Gasteiger partial charge in [-0.25, -0.2) is 0 Å². The molecular formula is C18H21NO2. The summed E-state index contributed by atoms with van der Waals surface area (Å²) >= 11 is 0. The molecule has 3 nitrogen and oxygen atoms in total. The number of rotatable bonds is 7. The predicted molar refractivity (Wildman–Crippen MR) is 85.8 cm³/mol. The molecule has 2 aromatic rings. The predicted octanol–water partition coefficient (Wildman–Crippen LogP) is 4.09. The number of nitrogens with one attached hydrogen (secondary N) is 1. The normalized spacial score (nSPS) is 10.2. The Morgan fingerprint density at radius 2 is 1.67 bits per heavy atom. The maximum atomic E-state index is 8.14. The van der Waals surface area contributed by atoms with Crippen molar-refractivity contribution in [1.29, 1.82) is 5.41 Å². The van der Waals surface area contributed by atoms with Gasteiger partial charge in [-0.05, 0) is 66.8 Å². The molecule has 2 rings (SSSR count). The largest absolute Gasteiger partial charge is 0.497 e. The minimum atomic E-state index is 0.667. The Hall–Kier alpha value is -2.29. The highest BCUT2D eigenvalue weighted by molar-refractivity contribution is 5.98. The van der Waals surface area contributed by atoms with Gasteiger partial charge in [0.15, 0.2) is 0 Å². The van der Waals surface area contributed by atoms with Crippen molar-refractivity contribution >= 4 is 5.71 Å². The Bertz CT molecular complexity index is 590. The molecule has 21 heavy (non-hydrogen) atoms. The molecule has 0 aromatic heterocycles. The first kappa shape index (κ1) is 15.1. The van der Waals surface area contributed by atoms with E-state index in [1.807, 2.05) is 36.4 Å². The maximum absolute atomic E-state index is 8.14. The van der Waals surface area contributed by atoms with Crippen molar-refractivity contribution in [2.24, 2.45) is 0 Å². The summed E-state index contributed by atoms with van der Waals surface area (Å²) in [5.74, 6) is 1.71. The van der Waals surface area contributed by atoms with Crippen LogP contribution in [0, 0.1) is 5.41 Å². The van der Waals surface area contributed by atoms with Gasteiger partial charge in [-0.15, -0.1) is 0 Å². The molecule has 0 heterocycles. The van der Waals surface area contributed by atoms with E-state index in [0.29, 0.717) is 5.71 Å². The van der Waals surface area contributed by atoms with Crippen LogP contribution in [0.15, 0.2) is 48.5 Å². The molecule has 0 fully saturated rings. The van der Waals surface area contributed by atoms with Gasteiger partial charge >= 0.3 is 0 Å². The van der Waals surface area contributed by atoms with Crippen molar-refractivity contribution in [2.45, 2.75) is 19.3 Å². The molecule has 0 bridgehead atoms. The Labute approximate surface area is 126 Å². The highest BCUT2D eigenvalue weighted by atomic mass is 16.5. The average Bonchev–Trinajstić information content (AvgIpc) is 2.55. The van der Waals surface area contributed by atoms with Crippen LogP contribution in [0.5, 0.6) is 11.5 Å². The molecule has 0 aliphatic carbocycles. The number of methoxy groups -OCH3 is 2. The second-order valence-corrected chi connectivity index (χ2v) is 4.91. The third-order valence-corrected chi connectivity index (χ3v) is 3.46. The lowest BCUT2D eigenvalue weighted by molar-refractivity contribution is 0.414. The lowest BCUT2D eigenvalue weighted by Crippen LogP contribution is -2.00.